The van der Waals surface area contributed by atoms with E-state index in [1.807, 2.05) is 0 Å². The first-order valence-corrected chi connectivity index (χ1v) is 31.2. The van der Waals surface area contributed by atoms with E-state index in [4.69, 9.17) is 104 Å². The molecule has 4 aromatic heterocycles. The molecule has 0 unspecified atom stereocenters. The van der Waals surface area contributed by atoms with Gasteiger partial charge in [0.05, 0.1) is 8.22 Å². The Balaban J connectivity index is 0.000000254. The fourth-order valence-electron chi connectivity index (χ4n) is 8.38. The molecule has 0 bridgehead atoms. The number of carbonyl (C=O) groups excluding carboxylic acids is 4. The molecule has 8 rings (SSSR count). The topological polar surface area (TPSA) is 559 Å². The summed E-state index contributed by atoms with van der Waals surface area (Å²) in [6, 6.07) is 0.366. The summed E-state index contributed by atoms with van der Waals surface area (Å²) in [6.07, 6.45) is -22.8. The molecule has 4 aromatic rings. The molecule has 36 nitrogen and oxygen atoms in total. The van der Waals surface area contributed by atoms with Crippen molar-refractivity contribution in [3.8, 4) is 0 Å². The van der Waals surface area contributed by atoms with Crippen molar-refractivity contribution in [2.75, 3.05) is 26.3 Å². The Bertz CT molecular complexity index is 4340. The van der Waals surface area contributed by atoms with Crippen molar-refractivity contribution >= 4 is 72.7 Å². The molecule has 4 aliphatic heterocycles. The van der Waals surface area contributed by atoms with Gasteiger partial charge >= 0.3 is 46.6 Å². The van der Waals surface area contributed by atoms with Crippen LogP contribution in [0, 0.1) is 42.2 Å². The van der Waals surface area contributed by atoms with Crippen LogP contribution in [0.5, 0.6) is 0 Å². The summed E-state index contributed by atoms with van der Waals surface area (Å²) < 4.78 is 148. The summed E-state index contributed by atoms with van der Waals surface area (Å²) in [6.45, 7) is 3.61. The lowest BCUT2D eigenvalue weighted by atomic mass is 10.1. The molecule has 100 heavy (non-hydrogen) atoms. The number of halogens is 4. The number of alkyl halides is 4. The lowest BCUT2D eigenvalue weighted by Crippen LogP contribution is -2.46. The number of aliphatic hydroxyl groups is 8. The minimum atomic E-state index is -3.90. The van der Waals surface area contributed by atoms with Gasteiger partial charge in [0.25, 0.3) is 23.4 Å². The predicted molar refractivity (Wildman–Crippen MR) is 343 cm³/mol. The lowest BCUT2D eigenvalue weighted by molar-refractivity contribution is -0.217. The molecular weight excluding hydrogens is 1430 g/mol. The third-order valence-corrected chi connectivity index (χ3v) is 15.8. The van der Waals surface area contributed by atoms with Gasteiger partial charge in [0.2, 0.25) is 0 Å². The summed E-state index contributed by atoms with van der Waals surface area (Å²) in [5.41, 5.74) is 18.6. The number of aliphatic hydroxyl groups excluding tert-OH is 8. The molecule has 0 aromatic carbocycles. The van der Waals surface area contributed by atoms with Crippen LogP contribution in [0.2, 0.25) is 0 Å². The number of hydrogen-bond donors (Lipinski definition) is 16. The van der Waals surface area contributed by atoms with Gasteiger partial charge in [-0.25, -0.2) is 36.7 Å². The molecule has 560 valence electrons. The standard InChI is InChI=1S/4C14H20FN3O6S/c4*1-6(2)8(16)12(21)23-5-14(15)10(20)9(19)11(24-14)18-4-3-7(25)17-13(18)22/h4*3-4,6,8-11,19-20H,5,16H2,1-2H3,(H,17,22,25)/t4*8-,9+,10-,11+,14+/m0000/s1/i5D2,11D;11D;5D2;. The van der Waals surface area contributed by atoms with Crippen molar-refractivity contribution in [1.82, 2.24) is 38.2 Å². The molecule has 4 aliphatic rings. The van der Waals surface area contributed by atoms with Gasteiger partial charge < -0.3 is 102 Å². The lowest BCUT2D eigenvalue weighted by Gasteiger charge is -2.24. The van der Waals surface area contributed by atoms with Crippen molar-refractivity contribution in [2.45, 2.75) is 177 Å². The fraction of sp³-hybridized carbons (Fsp3) is 0.643. The Hall–Kier alpha value is -6.64. The van der Waals surface area contributed by atoms with Crippen molar-refractivity contribution in [3.63, 3.8) is 0 Å². The first kappa shape index (κ1) is 74.5. The quantitative estimate of drug-likeness (QED) is 0.0187. The van der Waals surface area contributed by atoms with E-state index in [-0.39, 0.29) is 30.4 Å². The summed E-state index contributed by atoms with van der Waals surface area (Å²) in [4.78, 5) is 104. The zero-order chi connectivity index (χ0) is 81.2. The molecule has 0 spiro atoms. The maximum absolute atomic E-state index is 15.4. The molecule has 20 atom stereocenters. The number of carbonyl (C=O) groups is 4. The average molecular weight is 1520 g/mol. The van der Waals surface area contributed by atoms with Crippen molar-refractivity contribution in [2.24, 2.45) is 46.6 Å². The molecular formula is C56H80F4N12O24S4. The summed E-state index contributed by atoms with van der Waals surface area (Å²) in [7, 11) is 0. The minimum Gasteiger partial charge on any atom is -0.458 e. The Morgan fingerprint density at radius 3 is 0.980 bits per heavy atom. The molecule has 0 amide bonds. The average Bonchev–Trinajstić information content (AvgIpc) is 1.49. The van der Waals surface area contributed by atoms with Gasteiger partial charge in [-0.3, -0.25) is 57.4 Å². The van der Waals surface area contributed by atoms with Gasteiger partial charge in [0, 0.05) is 24.8 Å². The largest absolute Gasteiger partial charge is 0.458 e. The maximum Gasteiger partial charge on any atom is 0.328 e. The van der Waals surface area contributed by atoms with Gasteiger partial charge in [0.15, 0.2) is 51.2 Å². The molecule has 0 saturated carbocycles. The summed E-state index contributed by atoms with van der Waals surface area (Å²) in [5, 5.41) is 80.4. The zero-order valence-electron chi connectivity index (χ0n) is 59.8. The van der Waals surface area contributed by atoms with Crippen molar-refractivity contribution in [1.29, 1.82) is 0 Å². The van der Waals surface area contributed by atoms with Gasteiger partial charge in [-0.15, -0.1) is 0 Å². The van der Waals surface area contributed by atoms with E-state index < -0.39 is 206 Å². The normalized spacial score (nSPS) is 33.1. The van der Waals surface area contributed by atoms with Crippen LogP contribution >= 0.6 is 48.9 Å². The Morgan fingerprint density at radius 2 is 0.680 bits per heavy atom. The van der Waals surface area contributed by atoms with Crippen molar-refractivity contribution < 1.29 is 124 Å². The van der Waals surface area contributed by atoms with E-state index in [9.17, 15) is 88.0 Å². The van der Waals surface area contributed by atoms with Gasteiger partial charge in [-0.1, -0.05) is 104 Å². The van der Waals surface area contributed by atoms with Crippen LogP contribution in [-0.2, 0) is 57.1 Å². The van der Waals surface area contributed by atoms with Gasteiger partial charge in [-0.05, 0) is 47.9 Å². The third-order valence-electron chi connectivity index (χ3n) is 14.9. The first-order valence-electron chi connectivity index (χ1n) is 32.5. The highest BCUT2D eigenvalue weighted by atomic mass is 32.1. The number of ether oxygens (including phenoxy) is 8. The van der Waals surface area contributed by atoms with Crippen LogP contribution in [0.25, 0.3) is 0 Å². The Morgan fingerprint density at radius 1 is 0.450 bits per heavy atom. The maximum atomic E-state index is 15.4. The van der Waals surface area contributed by atoms with E-state index >= 15 is 8.78 Å². The molecule has 4 saturated heterocycles. The monoisotopic (exact) mass is 1510 g/mol. The molecule has 44 heteroatoms. The van der Waals surface area contributed by atoms with Crippen LogP contribution in [0.1, 0.15) is 88.5 Å². The zero-order valence-corrected chi connectivity index (χ0v) is 57.0. The molecule has 0 radical (unpaired) electrons. The van der Waals surface area contributed by atoms with E-state index in [1.165, 1.54) is 38.2 Å². The Kier molecular flexibility index (Phi) is 25.8. The highest BCUT2D eigenvalue weighted by Crippen LogP contribution is 2.42. The van der Waals surface area contributed by atoms with Crippen LogP contribution in [0.15, 0.2) is 68.2 Å². The number of hydrogen-bond acceptors (Lipinski definition) is 32. The Labute approximate surface area is 591 Å². The van der Waals surface area contributed by atoms with Crippen molar-refractivity contribution in [3.05, 3.63) is 110 Å². The third kappa shape index (κ3) is 20.0. The number of nitrogens with one attached hydrogen (secondary N) is 4. The van der Waals surface area contributed by atoms with Crippen LogP contribution in [0.3, 0.4) is 0 Å². The molecule has 8 heterocycles. The van der Waals surface area contributed by atoms with Crippen LogP contribution in [-0.4, -0.2) is 226 Å². The number of aromatic amines is 4. The van der Waals surface area contributed by atoms with Crippen LogP contribution in [0.4, 0.5) is 17.6 Å². The first-order chi connectivity index (χ1) is 48.5. The second kappa shape index (κ2) is 34.6. The molecule has 4 fully saturated rings. The second-order valence-corrected chi connectivity index (χ2v) is 25.5. The molecule has 0 aliphatic carbocycles. The number of esters is 4. The van der Waals surface area contributed by atoms with Gasteiger partial charge in [-0.2, -0.15) is 0 Å². The van der Waals surface area contributed by atoms with E-state index in [2.05, 4.69) is 34.1 Å². The number of nitrogens with two attached hydrogens (primary N) is 4. The van der Waals surface area contributed by atoms with E-state index in [0.29, 0.717) is 13.7 Å². The summed E-state index contributed by atoms with van der Waals surface area (Å²) >= 11 is 19.0. The van der Waals surface area contributed by atoms with Crippen LogP contribution < -0.4 is 45.7 Å². The smallest absolute Gasteiger partial charge is 0.328 e. The molecule has 20 N–H and O–H groups in total. The number of aromatic nitrogens is 8. The fourth-order valence-corrected chi connectivity index (χ4v) is 8.97. The van der Waals surface area contributed by atoms with E-state index in [1.54, 1.807) is 41.5 Å². The summed E-state index contributed by atoms with van der Waals surface area (Å²) in [5.74, 6) is -19.4. The predicted octanol–water partition coefficient (Wildman–Crippen LogP) is -2.60. The van der Waals surface area contributed by atoms with Gasteiger partial charge in [0.1, 0.15) is 91.6 Å². The highest BCUT2D eigenvalue weighted by molar-refractivity contribution is 7.72. The number of nitrogens with zero attached hydrogens (tertiary/aromatic N) is 4. The SMILES string of the molecule is CC(C)[C@H](N)C(=O)OC[C@@]1(F)O[C@@H](n2ccc(=S)[nH]c2=O)[C@H](O)[C@@H]1O.[2H]C([2H])(OC(=O)[C@@H](N)C(C)C)[C@@]1(F)O[C@@H](n2ccc(=S)[nH]c2=O)[C@H](O)[C@@H]1O.[2H]C([2H])(OC(=O)[C@@H](N)C(C)C)[C@@]1(F)O[C@@]([2H])(n2ccc(=S)[nH]c2=O)[C@H](O)[C@@H]1O.[2H][C@@]1(n2ccc(=S)[nH]c2=O)O[C@](F)(COC(=O)[C@@H](N)C(C)C)[C@@H](O)[C@H]1O. The number of H-pyrrole nitrogens is 4. The second-order valence-electron chi connectivity index (χ2n) is 23.7. The number of rotatable bonds is 20. The van der Waals surface area contributed by atoms with E-state index in [0.717, 1.165) is 29.2 Å². The minimum absolute atomic E-state index is 0.0312. The highest BCUT2D eigenvalue weighted by Gasteiger charge is 2.61.